The second-order valence-corrected chi connectivity index (χ2v) is 9.86. The summed E-state index contributed by atoms with van der Waals surface area (Å²) in [5.41, 5.74) is 1.48. The number of piperidine rings is 1. The van der Waals surface area contributed by atoms with Crippen LogP contribution in [-0.4, -0.2) is 72.6 Å². The summed E-state index contributed by atoms with van der Waals surface area (Å²) in [6, 6.07) is 9.50. The first kappa shape index (κ1) is 23.7. The summed E-state index contributed by atoms with van der Waals surface area (Å²) in [6.07, 6.45) is 2.04. The molecule has 2 saturated heterocycles. The number of thiophene rings is 1. The highest BCUT2D eigenvalue weighted by atomic mass is 32.1. The van der Waals surface area contributed by atoms with Crippen LogP contribution >= 0.6 is 11.3 Å². The number of likely N-dealkylation sites (tertiary alicyclic amines) is 1. The maximum atomic E-state index is 13.7. The summed E-state index contributed by atoms with van der Waals surface area (Å²) in [5.74, 6) is 0.691. The van der Waals surface area contributed by atoms with Crippen LogP contribution in [0.1, 0.15) is 35.3 Å². The Hall–Kier alpha value is -2.42. The van der Waals surface area contributed by atoms with Crippen LogP contribution < -0.4 is 4.74 Å². The fourth-order valence-corrected chi connectivity index (χ4v) is 5.79. The summed E-state index contributed by atoms with van der Waals surface area (Å²) in [5, 5.41) is 2.13. The summed E-state index contributed by atoms with van der Waals surface area (Å²) in [6.45, 7) is 6.02. The molecule has 1 aromatic heterocycles. The molecule has 0 N–H and O–H groups in total. The highest BCUT2D eigenvalue weighted by Crippen LogP contribution is 2.38. The van der Waals surface area contributed by atoms with Crippen LogP contribution in [0.5, 0.6) is 5.75 Å². The van der Waals surface area contributed by atoms with Gasteiger partial charge in [-0.25, -0.2) is 4.79 Å². The number of hydrogen-bond acceptors (Lipinski definition) is 6. The standard InChI is InChI=1S/C25H33N3O4S/c1-19-9-16-33-22(19)18-26-13-10-25(11-14-26)23(29)27(24(30)28(25)12-4-15-31-2)17-20-5-7-21(32-3)8-6-20/h5-9,16H,4,10-15,17-18H2,1-3H3. The van der Waals surface area contributed by atoms with E-state index in [1.165, 1.54) is 15.3 Å². The quantitative estimate of drug-likeness (QED) is 0.410. The van der Waals surface area contributed by atoms with E-state index in [-0.39, 0.29) is 18.5 Å². The number of nitrogens with zero attached hydrogens (tertiary/aromatic N) is 3. The Morgan fingerprint density at radius 2 is 1.76 bits per heavy atom. The van der Waals surface area contributed by atoms with Crippen molar-refractivity contribution in [3.8, 4) is 5.75 Å². The number of aryl methyl sites for hydroxylation is 1. The molecule has 0 aliphatic carbocycles. The molecule has 2 aliphatic heterocycles. The Labute approximate surface area is 199 Å². The van der Waals surface area contributed by atoms with E-state index in [0.29, 0.717) is 32.4 Å². The number of rotatable bonds is 9. The molecular formula is C25H33N3O4S. The zero-order valence-electron chi connectivity index (χ0n) is 19.7. The van der Waals surface area contributed by atoms with Crippen molar-refractivity contribution in [3.05, 3.63) is 51.7 Å². The molecule has 0 unspecified atom stereocenters. The van der Waals surface area contributed by atoms with Crippen molar-refractivity contribution >= 4 is 23.3 Å². The summed E-state index contributed by atoms with van der Waals surface area (Å²) >= 11 is 1.78. The minimum absolute atomic E-state index is 0.0623. The largest absolute Gasteiger partial charge is 0.497 e. The van der Waals surface area contributed by atoms with Gasteiger partial charge < -0.3 is 14.4 Å². The highest BCUT2D eigenvalue weighted by molar-refractivity contribution is 7.10. The molecule has 4 rings (SSSR count). The number of amides is 3. The molecule has 0 radical (unpaired) electrons. The third-order valence-electron chi connectivity index (χ3n) is 6.87. The second-order valence-electron chi connectivity index (χ2n) is 8.85. The zero-order chi connectivity index (χ0) is 23.4. The van der Waals surface area contributed by atoms with Crippen molar-refractivity contribution in [2.75, 3.05) is 40.5 Å². The molecule has 178 valence electrons. The fourth-order valence-electron chi connectivity index (χ4n) is 4.85. The first-order valence-electron chi connectivity index (χ1n) is 11.5. The third kappa shape index (κ3) is 4.78. The topological polar surface area (TPSA) is 62.3 Å². The minimum Gasteiger partial charge on any atom is -0.497 e. The molecule has 0 atom stereocenters. The monoisotopic (exact) mass is 471 g/mol. The maximum absolute atomic E-state index is 13.7. The van der Waals surface area contributed by atoms with Gasteiger partial charge >= 0.3 is 6.03 Å². The molecule has 8 heteroatoms. The van der Waals surface area contributed by atoms with Gasteiger partial charge in [-0.15, -0.1) is 11.3 Å². The molecule has 2 aliphatic rings. The SMILES string of the molecule is COCCCN1C(=O)N(Cc2ccc(OC)cc2)C(=O)C12CCN(Cc1sccc1C)CC2. The minimum atomic E-state index is -0.752. The smallest absolute Gasteiger partial charge is 0.327 e. The lowest BCUT2D eigenvalue weighted by molar-refractivity contribution is -0.136. The molecule has 0 bridgehead atoms. The summed E-state index contributed by atoms with van der Waals surface area (Å²) in [4.78, 5) is 34.2. The predicted octanol–water partition coefficient (Wildman–Crippen LogP) is 3.90. The number of ether oxygens (including phenoxy) is 2. The average Bonchev–Trinajstić information content (AvgIpc) is 3.31. The van der Waals surface area contributed by atoms with Gasteiger partial charge in [-0.2, -0.15) is 0 Å². The van der Waals surface area contributed by atoms with E-state index in [4.69, 9.17) is 9.47 Å². The molecule has 3 amide bonds. The van der Waals surface area contributed by atoms with Crippen LogP contribution in [0.3, 0.4) is 0 Å². The molecule has 2 aromatic rings. The van der Waals surface area contributed by atoms with E-state index in [0.717, 1.165) is 30.9 Å². The molecule has 1 spiro atoms. The molecule has 7 nitrogen and oxygen atoms in total. The summed E-state index contributed by atoms with van der Waals surface area (Å²) < 4.78 is 10.4. The lowest BCUT2D eigenvalue weighted by Gasteiger charge is -2.42. The second kappa shape index (κ2) is 10.2. The highest BCUT2D eigenvalue weighted by Gasteiger charge is 2.57. The van der Waals surface area contributed by atoms with E-state index >= 15 is 0 Å². The van der Waals surface area contributed by atoms with Gasteiger partial charge in [0.05, 0.1) is 13.7 Å². The van der Waals surface area contributed by atoms with Gasteiger partial charge in [0.15, 0.2) is 0 Å². The number of carbonyl (C=O) groups is 2. The molecule has 2 fully saturated rings. The van der Waals surface area contributed by atoms with Gasteiger partial charge in [-0.05, 0) is 60.9 Å². The van der Waals surface area contributed by atoms with Gasteiger partial charge in [0.25, 0.3) is 5.91 Å². The number of carbonyl (C=O) groups excluding carboxylic acids is 2. The van der Waals surface area contributed by atoms with E-state index in [1.54, 1.807) is 25.6 Å². The van der Waals surface area contributed by atoms with E-state index in [1.807, 2.05) is 29.2 Å². The van der Waals surface area contributed by atoms with Crippen LogP contribution in [-0.2, 0) is 22.6 Å². The van der Waals surface area contributed by atoms with Crippen molar-refractivity contribution < 1.29 is 19.1 Å². The first-order valence-corrected chi connectivity index (χ1v) is 12.4. The normalized spacial score (nSPS) is 18.5. The van der Waals surface area contributed by atoms with Crippen LogP contribution in [0.4, 0.5) is 4.79 Å². The van der Waals surface area contributed by atoms with Crippen molar-refractivity contribution in [2.45, 2.75) is 44.8 Å². The van der Waals surface area contributed by atoms with Crippen LogP contribution in [0.15, 0.2) is 35.7 Å². The Morgan fingerprint density at radius 1 is 1.03 bits per heavy atom. The summed E-state index contributed by atoms with van der Waals surface area (Å²) in [7, 11) is 3.28. The Morgan fingerprint density at radius 3 is 2.36 bits per heavy atom. The number of methoxy groups -OCH3 is 2. The van der Waals surface area contributed by atoms with E-state index in [2.05, 4.69) is 23.3 Å². The van der Waals surface area contributed by atoms with Gasteiger partial charge in [-0.1, -0.05) is 12.1 Å². The number of benzene rings is 1. The van der Waals surface area contributed by atoms with E-state index in [9.17, 15) is 9.59 Å². The first-order chi connectivity index (χ1) is 16.0. The third-order valence-corrected chi connectivity index (χ3v) is 7.88. The Bertz CT molecular complexity index is 966. The van der Waals surface area contributed by atoms with Gasteiger partial charge in [0, 0.05) is 44.8 Å². The molecule has 0 saturated carbocycles. The van der Waals surface area contributed by atoms with Crippen LogP contribution in [0, 0.1) is 6.92 Å². The lowest BCUT2D eigenvalue weighted by Crippen LogP contribution is -2.56. The average molecular weight is 472 g/mol. The number of imide groups is 1. The van der Waals surface area contributed by atoms with Crippen molar-refractivity contribution in [3.63, 3.8) is 0 Å². The van der Waals surface area contributed by atoms with Gasteiger partial charge in [0.2, 0.25) is 0 Å². The van der Waals surface area contributed by atoms with Gasteiger partial charge in [0.1, 0.15) is 11.3 Å². The van der Waals surface area contributed by atoms with Gasteiger partial charge in [-0.3, -0.25) is 14.6 Å². The van der Waals surface area contributed by atoms with Crippen LogP contribution in [0.2, 0.25) is 0 Å². The molecule has 3 heterocycles. The predicted molar refractivity (Wildman–Crippen MR) is 128 cm³/mol. The zero-order valence-corrected chi connectivity index (χ0v) is 20.5. The Kier molecular flexibility index (Phi) is 7.36. The number of hydrogen-bond donors (Lipinski definition) is 0. The molecular weight excluding hydrogens is 438 g/mol. The fraction of sp³-hybridized carbons (Fsp3) is 0.520. The Balaban J connectivity index is 1.50. The number of urea groups is 1. The molecule has 33 heavy (non-hydrogen) atoms. The maximum Gasteiger partial charge on any atom is 0.327 e. The van der Waals surface area contributed by atoms with Crippen molar-refractivity contribution in [1.29, 1.82) is 0 Å². The van der Waals surface area contributed by atoms with Crippen molar-refractivity contribution in [1.82, 2.24) is 14.7 Å². The van der Waals surface area contributed by atoms with Crippen LogP contribution in [0.25, 0.3) is 0 Å². The van der Waals surface area contributed by atoms with E-state index < -0.39 is 5.54 Å². The van der Waals surface area contributed by atoms with Crippen molar-refractivity contribution in [2.24, 2.45) is 0 Å². The lowest BCUT2D eigenvalue weighted by atomic mass is 9.85. The molecule has 1 aromatic carbocycles.